The summed E-state index contributed by atoms with van der Waals surface area (Å²) in [5.41, 5.74) is 1.89. The van der Waals surface area contributed by atoms with Crippen molar-refractivity contribution in [2.75, 3.05) is 6.61 Å². The number of aryl methyl sites for hydroxylation is 1. The topological polar surface area (TPSA) is 105 Å². The van der Waals surface area contributed by atoms with Crippen LogP contribution in [0.15, 0.2) is 54.6 Å². The maximum atomic E-state index is 13.2. The number of rotatable bonds is 7. The number of carbonyl (C=O) groups excluding carboxylic acids is 4. The molecule has 0 aliphatic carbocycles. The quantitative estimate of drug-likeness (QED) is 0.533. The van der Waals surface area contributed by atoms with Crippen LogP contribution in [-0.2, 0) is 20.7 Å². The number of esters is 1. The minimum Gasteiger partial charge on any atom is -0.452 e. The maximum absolute atomic E-state index is 13.2. The number of carbonyl (C=O) groups is 4. The third kappa shape index (κ3) is 4.80. The Morgan fingerprint density at radius 2 is 1.87 bits per heavy atom. The number of nitrogens with zero attached hydrogens (tertiary/aromatic N) is 1. The van der Waals surface area contributed by atoms with Crippen molar-refractivity contribution in [2.24, 2.45) is 0 Å². The Hall–Kier alpha value is -3.75. The largest absolute Gasteiger partial charge is 0.452 e. The molecule has 1 aliphatic rings. The molecule has 2 N–H and O–H groups in total. The molecule has 2 aromatic carbocycles. The van der Waals surface area contributed by atoms with Crippen LogP contribution in [0, 0.1) is 5.82 Å². The molecule has 2 aromatic rings. The van der Waals surface area contributed by atoms with Crippen molar-refractivity contribution in [1.29, 1.82) is 0 Å². The number of hydrogen-bond donors (Lipinski definition) is 2. The zero-order valence-electron chi connectivity index (χ0n) is 16.2. The monoisotopic (exact) mass is 413 g/mol. The SMILES string of the molecule is C[C@@]1(CCc2ccccc2)NC(=O)N(NC(=O)COC(=O)c2cccc(F)c2)C1=O. The Balaban J connectivity index is 1.54. The fourth-order valence-corrected chi connectivity index (χ4v) is 2.98. The lowest BCUT2D eigenvalue weighted by Crippen LogP contribution is -2.50. The molecule has 9 heteroatoms. The van der Waals surface area contributed by atoms with Gasteiger partial charge in [-0.3, -0.25) is 15.0 Å². The van der Waals surface area contributed by atoms with Crippen LogP contribution < -0.4 is 10.7 Å². The van der Waals surface area contributed by atoms with Crippen molar-refractivity contribution in [3.05, 3.63) is 71.5 Å². The van der Waals surface area contributed by atoms with Crippen LogP contribution in [0.4, 0.5) is 9.18 Å². The predicted molar refractivity (Wildman–Crippen MR) is 103 cm³/mol. The number of hydrogen-bond acceptors (Lipinski definition) is 5. The Morgan fingerprint density at radius 3 is 2.57 bits per heavy atom. The normalized spacial score (nSPS) is 18.1. The molecule has 1 atom stereocenters. The first-order valence-electron chi connectivity index (χ1n) is 9.21. The molecule has 156 valence electrons. The lowest BCUT2D eigenvalue weighted by molar-refractivity contribution is -0.140. The second-order valence-corrected chi connectivity index (χ2v) is 7.01. The minimum absolute atomic E-state index is 0.0636. The summed E-state index contributed by atoms with van der Waals surface area (Å²) < 4.78 is 17.9. The van der Waals surface area contributed by atoms with Crippen molar-refractivity contribution in [3.8, 4) is 0 Å². The second-order valence-electron chi connectivity index (χ2n) is 7.01. The molecule has 1 saturated heterocycles. The van der Waals surface area contributed by atoms with Gasteiger partial charge in [-0.15, -0.1) is 0 Å². The van der Waals surface area contributed by atoms with Gasteiger partial charge in [0.1, 0.15) is 11.4 Å². The van der Waals surface area contributed by atoms with Crippen molar-refractivity contribution in [2.45, 2.75) is 25.3 Å². The third-order valence-electron chi connectivity index (χ3n) is 4.65. The van der Waals surface area contributed by atoms with Gasteiger partial charge in [0.05, 0.1) is 5.56 Å². The fraction of sp³-hybridized carbons (Fsp3) is 0.238. The van der Waals surface area contributed by atoms with E-state index in [4.69, 9.17) is 4.74 Å². The second kappa shape index (κ2) is 8.73. The van der Waals surface area contributed by atoms with Crippen LogP contribution in [-0.4, -0.2) is 41.0 Å². The maximum Gasteiger partial charge on any atom is 0.344 e. The number of ether oxygens (including phenoxy) is 1. The summed E-state index contributed by atoms with van der Waals surface area (Å²) in [5.74, 6) is -3.03. The summed E-state index contributed by atoms with van der Waals surface area (Å²) in [6, 6.07) is 13.5. The van der Waals surface area contributed by atoms with Gasteiger partial charge in [-0.05, 0) is 43.5 Å². The summed E-state index contributed by atoms with van der Waals surface area (Å²) in [5, 5.41) is 3.15. The number of urea groups is 1. The van der Waals surface area contributed by atoms with Gasteiger partial charge >= 0.3 is 12.0 Å². The van der Waals surface area contributed by atoms with Gasteiger partial charge < -0.3 is 10.1 Å². The van der Waals surface area contributed by atoms with Gasteiger partial charge in [-0.1, -0.05) is 36.4 Å². The van der Waals surface area contributed by atoms with E-state index >= 15 is 0 Å². The Labute approximate surface area is 172 Å². The van der Waals surface area contributed by atoms with E-state index in [1.807, 2.05) is 30.3 Å². The number of hydrazine groups is 1. The molecule has 3 rings (SSSR count). The van der Waals surface area contributed by atoms with Crippen LogP contribution in [0.5, 0.6) is 0 Å². The predicted octanol–water partition coefficient (Wildman–Crippen LogP) is 1.96. The molecule has 1 heterocycles. The number of amides is 4. The van der Waals surface area contributed by atoms with Crippen LogP contribution in [0.2, 0.25) is 0 Å². The molecule has 8 nitrogen and oxygen atoms in total. The van der Waals surface area contributed by atoms with Crippen LogP contribution >= 0.6 is 0 Å². The highest BCUT2D eigenvalue weighted by Gasteiger charge is 2.48. The molecule has 1 fully saturated rings. The van der Waals surface area contributed by atoms with E-state index in [1.54, 1.807) is 6.92 Å². The molecular weight excluding hydrogens is 393 g/mol. The number of halogens is 1. The molecule has 0 radical (unpaired) electrons. The molecule has 0 bridgehead atoms. The highest BCUT2D eigenvalue weighted by molar-refractivity contribution is 6.07. The van der Waals surface area contributed by atoms with Gasteiger partial charge in [0.25, 0.3) is 11.8 Å². The molecule has 0 spiro atoms. The molecule has 0 saturated carbocycles. The molecular formula is C21H20FN3O5. The average molecular weight is 413 g/mol. The van der Waals surface area contributed by atoms with Gasteiger partial charge in [0, 0.05) is 0 Å². The van der Waals surface area contributed by atoms with Crippen LogP contribution in [0.3, 0.4) is 0 Å². The summed E-state index contributed by atoms with van der Waals surface area (Å²) in [6.07, 6.45) is 0.888. The Morgan fingerprint density at radius 1 is 1.13 bits per heavy atom. The first kappa shape index (κ1) is 21.0. The first-order chi connectivity index (χ1) is 14.3. The van der Waals surface area contributed by atoms with E-state index in [-0.39, 0.29) is 5.56 Å². The number of benzene rings is 2. The van der Waals surface area contributed by atoms with Crippen LogP contribution in [0.1, 0.15) is 29.3 Å². The van der Waals surface area contributed by atoms with E-state index in [1.165, 1.54) is 12.1 Å². The molecule has 0 unspecified atom stereocenters. The Kier molecular flexibility index (Phi) is 6.10. The molecule has 0 aromatic heterocycles. The standard InChI is InChI=1S/C21H20FN3O5/c1-21(11-10-14-6-3-2-4-7-14)19(28)25(20(29)23-21)24-17(26)13-30-18(27)15-8-5-9-16(22)12-15/h2-9,12H,10-11,13H2,1H3,(H,23,29)(H,24,26)/t21-/m0/s1. The van der Waals surface area contributed by atoms with Crippen molar-refractivity contribution < 1.29 is 28.3 Å². The van der Waals surface area contributed by atoms with Crippen molar-refractivity contribution >= 4 is 23.8 Å². The number of nitrogens with one attached hydrogen (secondary N) is 2. The zero-order chi connectivity index (χ0) is 21.7. The lowest BCUT2D eigenvalue weighted by atomic mass is 9.93. The van der Waals surface area contributed by atoms with E-state index < -0.39 is 41.8 Å². The van der Waals surface area contributed by atoms with Gasteiger partial charge in [0.2, 0.25) is 0 Å². The van der Waals surface area contributed by atoms with Crippen molar-refractivity contribution in [3.63, 3.8) is 0 Å². The van der Waals surface area contributed by atoms with E-state index in [9.17, 15) is 23.6 Å². The average Bonchev–Trinajstić information content (AvgIpc) is 2.94. The molecule has 1 aliphatic heterocycles. The van der Waals surface area contributed by atoms with Crippen molar-refractivity contribution in [1.82, 2.24) is 15.8 Å². The van der Waals surface area contributed by atoms with Crippen LogP contribution in [0.25, 0.3) is 0 Å². The first-order valence-corrected chi connectivity index (χ1v) is 9.21. The highest BCUT2D eigenvalue weighted by Crippen LogP contribution is 2.22. The summed E-state index contributed by atoms with van der Waals surface area (Å²) in [4.78, 5) is 48.8. The minimum atomic E-state index is -1.18. The summed E-state index contributed by atoms with van der Waals surface area (Å²) >= 11 is 0. The van der Waals surface area contributed by atoms with Gasteiger partial charge in [0.15, 0.2) is 6.61 Å². The Bertz CT molecular complexity index is 982. The lowest BCUT2D eigenvalue weighted by Gasteiger charge is -2.21. The molecule has 30 heavy (non-hydrogen) atoms. The fourth-order valence-electron chi connectivity index (χ4n) is 2.98. The van der Waals surface area contributed by atoms with E-state index in [2.05, 4.69) is 10.7 Å². The smallest absolute Gasteiger partial charge is 0.344 e. The summed E-state index contributed by atoms with van der Waals surface area (Å²) in [6.45, 7) is 0.833. The van der Waals surface area contributed by atoms with Gasteiger partial charge in [-0.2, -0.15) is 5.01 Å². The summed E-state index contributed by atoms with van der Waals surface area (Å²) in [7, 11) is 0. The number of imide groups is 1. The molecule has 4 amide bonds. The third-order valence-corrected chi connectivity index (χ3v) is 4.65. The van der Waals surface area contributed by atoms with E-state index in [0.29, 0.717) is 17.9 Å². The highest BCUT2D eigenvalue weighted by atomic mass is 19.1. The van der Waals surface area contributed by atoms with E-state index in [0.717, 1.165) is 17.7 Å². The zero-order valence-corrected chi connectivity index (χ0v) is 16.2. The van der Waals surface area contributed by atoms with Gasteiger partial charge in [-0.25, -0.2) is 14.0 Å².